The Morgan fingerprint density at radius 3 is 3.05 bits per heavy atom. The van der Waals surface area contributed by atoms with E-state index in [-0.39, 0.29) is 5.92 Å². The Balaban J connectivity index is 1.79. The van der Waals surface area contributed by atoms with Gasteiger partial charge in [-0.25, -0.2) is 0 Å². The second kappa shape index (κ2) is 5.71. The van der Waals surface area contributed by atoms with Crippen molar-refractivity contribution in [1.29, 1.82) is 5.26 Å². The standard InChI is InChI=1S/C14H16N4OS/c1-2-18-13(12-4-3-7-19-12)16-17-14(18)20-11-6-5-10(8-11)9-15/h3-4,7,10-11H,2,5-6,8H2,1H3/t10-,11-/m1/s1. The molecule has 6 heteroatoms. The van der Waals surface area contributed by atoms with Crippen molar-refractivity contribution >= 4 is 11.8 Å². The molecule has 104 valence electrons. The Kier molecular flexibility index (Phi) is 3.79. The van der Waals surface area contributed by atoms with E-state index < -0.39 is 0 Å². The van der Waals surface area contributed by atoms with Gasteiger partial charge in [-0.05, 0) is 38.3 Å². The van der Waals surface area contributed by atoms with E-state index in [0.717, 1.165) is 42.5 Å². The Morgan fingerprint density at radius 2 is 2.40 bits per heavy atom. The summed E-state index contributed by atoms with van der Waals surface area (Å²) < 4.78 is 7.48. The summed E-state index contributed by atoms with van der Waals surface area (Å²) in [5.41, 5.74) is 0. The molecule has 0 aliphatic heterocycles. The number of aromatic nitrogens is 3. The summed E-state index contributed by atoms with van der Waals surface area (Å²) in [6, 6.07) is 6.11. The lowest BCUT2D eigenvalue weighted by Gasteiger charge is -2.09. The normalized spacial score (nSPS) is 22.0. The van der Waals surface area contributed by atoms with Crippen LogP contribution in [0.2, 0.25) is 0 Å². The molecule has 0 N–H and O–H groups in total. The van der Waals surface area contributed by atoms with Gasteiger partial charge in [-0.15, -0.1) is 10.2 Å². The van der Waals surface area contributed by atoms with Crippen LogP contribution in [0, 0.1) is 17.2 Å². The van der Waals surface area contributed by atoms with Gasteiger partial charge >= 0.3 is 0 Å². The van der Waals surface area contributed by atoms with E-state index >= 15 is 0 Å². The lowest BCUT2D eigenvalue weighted by Crippen LogP contribution is -2.03. The molecule has 2 aromatic heterocycles. The third kappa shape index (κ3) is 2.46. The van der Waals surface area contributed by atoms with Crippen LogP contribution in [0.25, 0.3) is 11.6 Å². The van der Waals surface area contributed by atoms with Gasteiger partial charge < -0.3 is 4.42 Å². The SMILES string of the molecule is CCn1c(S[C@@H]2CC[C@@H](C#N)C2)nnc1-c1ccco1. The summed E-state index contributed by atoms with van der Waals surface area (Å²) >= 11 is 1.74. The smallest absolute Gasteiger partial charge is 0.200 e. The molecule has 1 fully saturated rings. The van der Waals surface area contributed by atoms with Crippen LogP contribution >= 0.6 is 11.8 Å². The quantitative estimate of drug-likeness (QED) is 0.863. The van der Waals surface area contributed by atoms with E-state index in [1.54, 1.807) is 18.0 Å². The van der Waals surface area contributed by atoms with Gasteiger partial charge in [0.1, 0.15) is 0 Å². The summed E-state index contributed by atoms with van der Waals surface area (Å²) in [7, 11) is 0. The topological polar surface area (TPSA) is 67.6 Å². The summed E-state index contributed by atoms with van der Waals surface area (Å²) in [4.78, 5) is 0. The van der Waals surface area contributed by atoms with Crippen molar-refractivity contribution in [2.24, 2.45) is 5.92 Å². The maximum absolute atomic E-state index is 8.97. The molecule has 20 heavy (non-hydrogen) atoms. The van der Waals surface area contributed by atoms with Gasteiger partial charge in [-0.3, -0.25) is 4.57 Å². The van der Waals surface area contributed by atoms with Crippen molar-refractivity contribution in [1.82, 2.24) is 14.8 Å². The van der Waals surface area contributed by atoms with Crippen LogP contribution in [0.1, 0.15) is 26.2 Å². The molecular formula is C14H16N4OS. The first kappa shape index (κ1) is 13.3. The van der Waals surface area contributed by atoms with E-state index in [0.29, 0.717) is 5.25 Å². The average Bonchev–Trinajstić information content (AvgIpc) is 3.19. The summed E-state index contributed by atoms with van der Waals surface area (Å²) in [5.74, 6) is 1.72. The van der Waals surface area contributed by atoms with Crippen LogP contribution in [0.3, 0.4) is 0 Å². The molecule has 0 radical (unpaired) electrons. The third-order valence-corrected chi connectivity index (χ3v) is 4.89. The van der Waals surface area contributed by atoms with Crippen molar-refractivity contribution in [3.8, 4) is 17.7 Å². The molecule has 3 rings (SSSR count). The molecule has 0 aromatic carbocycles. The van der Waals surface area contributed by atoms with Gasteiger partial charge in [-0.2, -0.15) is 5.26 Å². The van der Waals surface area contributed by atoms with Crippen LogP contribution in [0.4, 0.5) is 0 Å². The molecule has 1 aliphatic carbocycles. The van der Waals surface area contributed by atoms with Gasteiger partial charge in [0.25, 0.3) is 0 Å². The predicted molar refractivity (Wildman–Crippen MR) is 76.0 cm³/mol. The first-order chi connectivity index (χ1) is 9.81. The first-order valence-corrected chi connectivity index (χ1v) is 7.73. The molecule has 0 saturated heterocycles. The third-order valence-electron chi connectivity index (χ3n) is 3.61. The highest BCUT2D eigenvalue weighted by molar-refractivity contribution is 7.99. The number of nitriles is 1. The molecule has 2 heterocycles. The van der Waals surface area contributed by atoms with Crippen molar-refractivity contribution in [3.63, 3.8) is 0 Å². The number of furan rings is 1. The molecule has 1 aliphatic rings. The zero-order valence-corrected chi connectivity index (χ0v) is 12.1. The number of nitrogens with zero attached hydrogens (tertiary/aromatic N) is 4. The van der Waals surface area contributed by atoms with Crippen molar-refractivity contribution < 1.29 is 4.42 Å². The van der Waals surface area contributed by atoms with Crippen LogP contribution in [-0.4, -0.2) is 20.0 Å². The number of rotatable bonds is 4. The van der Waals surface area contributed by atoms with Gasteiger partial charge in [0.15, 0.2) is 16.7 Å². The molecular weight excluding hydrogens is 272 g/mol. The minimum Gasteiger partial charge on any atom is -0.461 e. The first-order valence-electron chi connectivity index (χ1n) is 6.85. The molecule has 0 unspecified atom stereocenters. The Morgan fingerprint density at radius 1 is 1.50 bits per heavy atom. The van der Waals surface area contributed by atoms with Crippen LogP contribution in [0.15, 0.2) is 28.0 Å². The minimum absolute atomic E-state index is 0.204. The largest absolute Gasteiger partial charge is 0.461 e. The molecule has 0 spiro atoms. The van der Waals surface area contributed by atoms with Crippen LogP contribution < -0.4 is 0 Å². The van der Waals surface area contributed by atoms with E-state index in [1.807, 2.05) is 12.1 Å². The van der Waals surface area contributed by atoms with E-state index in [2.05, 4.69) is 27.8 Å². The van der Waals surface area contributed by atoms with Crippen molar-refractivity contribution in [2.75, 3.05) is 0 Å². The maximum Gasteiger partial charge on any atom is 0.200 e. The van der Waals surface area contributed by atoms with Crippen molar-refractivity contribution in [2.45, 2.75) is 43.1 Å². The lowest BCUT2D eigenvalue weighted by molar-refractivity contribution is 0.566. The highest BCUT2D eigenvalue weighted by Crippen LogP contribution is 2.37. The summed E-state index contributed by atoms with van der Waals surface area (Å²) in [6.45, 7) is 2.88. The fourth-order valence-corrected chi connectivity index (χ4v) is 3.87. The Bertz CT molecular complexity index is 614. The molecule has 2 aromatic rings. The van der Waals surface area contributed by atoms with Gasteiger partial charge in [0, 0.05) is 17.7 Å². The molecule has 0 amide bonds. The fraction of sp³-hybridized carbons (Fsp3) is 0.500. The zero-order valence-electron chi connectivity index (χ0n) is 11.3. The monoisotopic (exact) mass is 288 g/mol. The molecule has 2 atom stereocenters. The minimum atomic E-state index is 0.204. The number of thioether (sulfide) groups is 1. The number of hydrogen-bond donors (Lipinski definition) is 0. The second-order valence-corrected chi connectivity index (χ2v) is 6.17. The highest BCUT2D eigenvalue weighted by atomic mass is 32.2. The fourth-order valence-electron chi connectivity index (χ4n) is 2.56. The zero-order chi connectivity index (χ0) is 13.9. The van der Waals surface area contributed by atoms with E-state index in [4.69, 9.17) is 9.68 Å². The predicted octanol–water partition coefficient (Wildman–Crippen LogP) is 3.34. The molecule has 5 nitrogen and oxygen atoms in total. The Hall–Kier alpha value is -1.74. The molecule has 1 saturated carbocycles. The Labute approximate surface area is 122 Å². The van der Waals surface area contributed by atoms with Crippen LogP contribution in [-0.2, 0) is 6.54 Å². The van der Waals surface area contributed by atoms with Gasteiger partial charge in [0.2, 0.25) is 0 Å². The van der Waals surface area contributed by atoms with E-state index in [1.165, 1.54) is 0 Å². The second-order valence-electron chi connectivity index (χ2n) is 4.91. The average molecular weight is 288 g/mol. The highest BCUT2D eigenvalue weighted by Gasteiger charge is 2.27. The maximum atomic E-state index is 8.97. The van der Waals surface area contributed by atoms with Crippen LogP contribution in [0.5, 0.6) is 0 Å². The summed E-state index contributed by atoms with van der Waals surface area (Å²) in [5, 5.41) is 18.9. The number of hydrogen-bond acceptors (Lipinski definition) is 5. The van der Waals surface area contributed by atoms with Gasteiger partial charge in [0.05, 0.1) is 12.3 Å². The van der Waals surface area contributed by atoms with Gasteiger partial charge in [-0.1, -0.05) is 11.8 Å². The van der Waals surface area contributed by atoms with Crippen molar-refractivity contribution in [3.05, 3.63) is 18.4 Å². The van der Waals surface area contributed by atoms with E-state index in [9.17, 15) is 0 Å². The lowest BCUT2D eigenvalue weighted by atomic mass is 10.1. The molecule has 0 bridgehead atoms. The summed E-state index contributed by atoms with van der Waals surface area (Å²) in [6.07, 6.45) is 4.67.